The highest BCUT2D eigenvalue weighted by atomic mass is 16.5. The molecule has 0 saturated heterocycles. The van der Waals surface area contributed by atoms with E-state index in [-0.39, 0.29) is 5.91 Å². The number of carbonyl (C=O) groups excluding carboxylic acids is 1. The SMILES string of the molecule is NNc1ncc(-c2cccc(C(=O)Nc3ccc(OCCc4ccccc4)cc3)c2)cc1N. The van der Waals surface area contributed by atoms with Crippen molar-refractivity contribution < 1.29 is 9.53 Å². The Hall–Kier alpha value is -4.36. The van der Waals surface area contributed by atoms with Crippen LogP contribution in [0.25, 0.3) is 11.1 Å². The van der Waals surface area contributed by atoms with Gasteiger partial charge in [0.2, 0.25) is 0 Å². The summed E-state index contributed by atoms with van der Waals surface area (Å²) in [5, 5.41) is 2.91. The monoisotopic (exact) mass is 439 g/mol. The van der Waals surface area contributed by atoms with Crippen LogP contribution in [0.3, 0.4) is 0 Å². The number of pyridine rings is 1. The summed E-state index contributed by atoms with van der Waals surface area (Å²) in [7, 11) is 0. The number of carbonyl (C=O) groups is 1. The number of nitrogen functional groups attached to an aromatic ring is 2. The lowest BCUT2D eigenvalue weighted by Crippen LogP contribution is -2.12. The summed E-state index contributed by atoms with van der Waals surface area (Å²) in [6.45, 7) is 0.588. The van der Waals surface area contributed by atoms with Gasteiger partial charge in [-0.15, -0.1) is 0 Å². The molecule has 4 rings (SSSR count). The van der Waals surface area contributed by atoms with Gasteiger partial charge in [-0.3, -0.25) is 4.79 Å². The molecule has 0 aliphatic heterocycles. The average molecular weight is 440 g/mol. The van der Waals surface area contributed by atoms with Crippen LogP contribution in [0.4, 0.5) is 17.2 Å². The minimum absolute atomic E-state index is 0.212. The van der Waals surface area contributed by atoms with Gasteiger partial charge in [0, 0.05) is 29.4 Å². The van der Waals surface area contributed by atoms with E-state index >= 15 is 0 Å². The Labute approximate surface area is 192 Å². The highest BCUT2D eigenvalue weighted by Gasteiger charge is 2.09. The third-order valence-corrected chi connectivity index (χ3v) is 5.13. The smallest absolute Gasteiger partial charge is 0.255 e. The molecule has 0 bridgehead atoms. The zero-order chi connectivity index (χ0) is 23.0. The number of nitrogens with zero attached hydrogens (tertiary/aromatic N) is 1. The van der Waals surface area contributed by atoms with Gasteiger partial charge in [-0.2, -0.15) is 0 Å². The molecule has 7 heteroatoms. The van der Waals surface area contributed by atoms with Crippen LogP contribution >= 0.6 is 0 Å². The first-order valence-corrected chi connectivity index (χ1v) is 10.5. The first-order chi connectivity index (χ1) is 16.1. The molecular formula is C26H25N5O2. The molecule has 1 heterocycles. The van der Waals surface area contributed by atoms with Gasteiger partial charge in [-0.1, -0.05) is 42.5 Å². The maximum Gasteiger partial charge on any atom is 0.255 e. The van der Waals surface area contributed by atoms with Crippen molar-refractivity contribution >= 4 is 23.1 Å². The van der Waals surface area contributed by atoms with Crippen LogP contribution in [-0.2, 0) is 6.42 Å². The van der Waals surface area contributed by atoms with Gasteiger partial charge in [0.15, 0.2) is 5.82 Å². The second-order valence-electron chi connectivity index (χ2n) is 7.45. The molecule has 4 aromatic rings. The van der Waals surface area contributed by atoms with E-state index in [1.165, 1.54) is 5.56 Å². The van der Waals surface area contributed by atoms with Crippen molar-refractivity contribution in [3.8, 4) is 16.9 Å². The lowest BCUT2D eigenvalue weighted by molar-refractivity contribution is 0.102. The number of rotatable bonds is 8. The quantitative estimate of drug-likeness (QED) is 0.237. The molecule has 3 aromatic carbocycles. The zero-order valence-electron chi connectivity index (χ0n) is 18.0. The molecular weight excluding hydrogens is 414 g/mol. The Balaban J connectivity index is 1.37. The van der Waals surface area contributed by atoms with Crippen molar-refractivity contribution in [1.82, 2.24) is 4.98 Å². The van der Waals surface area contributed by atoms with E-state index in [0.717, 1.165) is 23.3 Å². The van der Waals surface area contributed by atoms with E-state index in [9.17, 15) is 4.79 Å². The fourth-order valence-corrected chi connectivity index (χ4v) is 3.37. The lowest BCUT2D eigenvalue weighted by Gasteiger charge is -2.10. The molecule has 33 heavy (non-hydrogen) atoms. The first kappa shape index (κ1) is 21.9. The second-order valence-corrected chi connectivity index (χ2v) is 7.45. The van der Waals surface area contributed by atoms with Crippen molar-refractivity contribution in [2.45, 2.75) is 6.42 Å². The van der Waals surface area contributed by atoms with Crippen molar-refractivity contribution in [1.29, 1.82) is 0 Å². The van der Waals surface area contributed by atoms with E-state index in [0.29, 0.717) is 29.4 Å². The number of anilines is 3. The van der Waals surface area contributed by atoms with Crippen molar-refractivity contribution in [2.24, 2.45) is 5.84 Å². The minimum Gasteiger partial charge on any atom is -0.493 e. The van der Waals surface area contributed by atoms with Crippen LogP contribution in [0, 0.1) is 0 Å². The van der Waals surface area contributed by atoms with E-state index < -0.39 is 0 Å². The van der Waals surface area contributed by atoms with Crippen molar-refractivity contribution in [3.05, 3.63) is 102 Å². The minimum atomic E-state index is -0.212. The van der Waals surface area contributed by atoms with Gasteiger partial charge in [-0.05, 0) is 53.6 Å². The zero-order valence-corrected chi connectivity index (χ0v) is 18.0. The molecule has 0 atom stereocenters. The van der Waals surface area contributed by atoms with Gasteiger partial charge in [0.05, 0.1) is 12.3 Å². The fourth-order valence-electron chi connectivity index (χ4n) is 3.37. The van der Waals surface area contributed by atoms with Crippen molar-refractivity contribution in [3.63, 3.8) is 0 Å². The molecule has 1 aromatic heterocycles. The number of aromatic nitrogens is 1. The number of nitrogens with one attached hydrogen (secondary N) is 2. The Morgan fingerprint density at radius 3 is 2.42 bits per heavy atom. The molecule has 0 unspecified atom stereocenters. The topological polar surface area (TPSA) is 115 Å². The lowest BCUT2D eigenvalue weighted by atomic mass is 10.0. The standard InChI is InChI=1S/C26H25N5O2/c27-24-16-21(17-29-25(24)31-28)19-7-4-8-20(15-19)26(32)30-22-9-11-23(12-10-22)33-14-13-18-5-2-1-3-6-18/h1-12,15-17H,13-14,27-28H2,(H,29,31)(H,30,32). The molecule has 0 aliphatic rings. The molecule has 0 fully saturated rings. The van der Waals surface area contributed by atoms with Crippen LogP contribution < -0.4 is 27.1 Å². The number of hydrazine groups is 1. The molecule has 1 amide bonds. The predicted octanol–water partition coefficient (Wildman–Crippen LogP) is 4.49. The normalized spacial score (nSPS) is 10.5. The highest BCUT2D eigenvalue weighted by molar-refractivity contribution is 6.05. The maximum absolute atomic E-state index is 12.8. The first-order valence-electron chi connectivity index (χ1n) is 10.5. The number of amides is 1. The molecule has 0 aliphatic carbocycles. The summed E-state index contributed by atoms with van der Waals surface area (Å²) in [5.74, 6) is 6.33. The number of benzene rings is 3. The summed E-state index contributed by atoms with van der Waals surface area (Å²) in [5.41, 5.74) is 12.9. The molecule has 0 spiro atoms. The van der Waals surface area contributed by atoms with E-state index in [1.807, 2.05) is 54.6 Å². The van der Waals surface area contributed by atoms with Crippen LogP contribution in [0.15, 0.2) is 91.1 Å². The van der Waals surface area contributed by atoms with Crippen molar-refractivity contribution in [2.75, 3.05) is 23.1 Å². The van der Waals surface area contributed by atoms with Gasteiger partial charge < -0.3 is 21.2 Å². The van der Waals surface area contributed by atoms with Crippen LogP contribution in [-0.4, -0.2) is 17.5 Å². The molecule has 166 valence electrons. The van der Waals surface area contributed by atoms with Crippen LogP contribution in [0.1, 0.15) is 15.9 Å². The maximum atomic E-state index is 12.8. The molecule has 0 radical (unpaired) electrons. The number of hydrogen-bond donors (Lipinski definition) is 4. The number of ether oxygens (including phenoxy) is 1. The van der Waals surface area contributed by atoms with Gasteiger partial charge >= 0.3 is 0 Å². The number of nitrogens with two attached hydrogens (primary N) is 2. The third-order valence-electron chi connectivity index (χ3n) is 5.13. The Morgan fingerprint density at radius 1 is 0.909 bits per heavy atom. The van der Waals surface area contributed by atoms with Crippen LogP contribution in [0.5, 0.6) is 5.75 Å². The van der Waals surface area contributed by atoms with E-state index in [2.05, 4.69) is 27.9 Å². The Kier molecular flexibility index (Phi) is 6.82. The summed E-state index contributed by atoms with van der Waals surface area (Å²) in [6.07, 6.45) is 2.49. The molecule has 0 saturated carbocycles. The summed E-state index contributed by atoms with van der Waals surface area (Å²) in [4.78, 5) is 17.0. The summed E-state index contributed by atoms with van der Waals surface area (Å²) in [6, 6.07) is 26.5. The highest BCUT2D eigenvalue weighted by Crippen LogP contribution is 2.25. The number of hydrogen-bond acceptors (Lipinski definition) is 6. The Morgan fingerprint density at radius 2 is 1.70 bits per heavy atom. The second kappa shape index (κ2) is 10.3. The molecule has 7 nitrogen and oxygen atoms in total. The third kappa shape index (κ3) is 5.66. The fraction of sp³-hybridized carbons (Fsp3) is 0.0769. The van der Waals surface area contributed by atoms with Gasteiger partial charge in [-0.25, -0.2) is 10.8 Å². The van der Waals surface area contributed by atoms with Gasteiger partial charge in [0.1, 0.15) is 5.75 Å². The summed E-state index contributed by atoms with van der Waals surface area (Å²) < 4.78 is 5.80. The van der Waals surface area contributed by atoms with E-state index in [1.54, 1.807) is 24.4 Å². The van der Waals surface area contributed by atoms with E-state index in [4.69, 9.17) is 16.3 Å². The van der Waals surface area contributed by atoms with Crippen LogP contribution in [0.2, 0.25) is 0 Å². The molecule has 6 N–H and O–H groups in total. The summed E-state index contributed by atoms with van der Waals surface area (Å²) >= 11 is 0. The largest absolute Gasteiger partial charge is 0.493 e. The average Bonchev–Trinajstić information content (AvgIpc) is 2.86. The predicted molar refractivity (Wildman–Crippen MR) is 132 cm³/mol. The van der Waals surface area contributed by atoms with Gasteiger partial charge in [0.25, 0.3) is 5.91 Å². The Bertz CT molecular complexity index is 1230.